The Balaban J connectivity index is 1.93. The van der Waals surface area contributed by atoms with Crippen molar-refractivity contribution < 1.29 is 0 Å². The van der Waals surface area contributed by atoms with Crippen LogP contribution in [0.3, 0.4) is 0 Å². The molecule has 0 amide bonds. The summed E-state index contributed by atoms with van der Waals surface area (Å²) in [7, 11) is 0. The molecule has 0 aromatic heterocycles. The molecule has 3 heteroatoms. The Morgan fingerprint density at radius 3 is 2.65 bits per heavy atom. The maximum Gasteiger partial charge on any atom is 0.0372 e. The summed E-state index contributed by atoms with van der Waals surface area (Å²) in [5.74, 6) is 0. The zero-order valence-corrected chi connectivity index (χ0v) is 12.3. The van der Waals surface area contributed by atoms with Gasteiger partial charge in [0.25, 0.3) is 0 Å². The fraction of sp³-hybridized carbons (Fsp3) is 0.571. The fourth-order valence-corrected chi connectivity index (χ4v) is 2.88. The monoisotopic (exact) mass is 296 g/mol. The number of piperidine rings is 1. The van der Waals surface area contributed by atoms with Crippen molar-refractivity contribution in [3.05, 3.63) is 28.2 Å². The summed E-state index contributed by atoms with van der Waals surface area (Å²) in [4.78, 5) is 2.52. The third-order valence-corrected chi connectivity index (χ3v) is 4.08. The van der Waals surface area contributed by atoms with Gasteiger partial charge in [0, 0.05) is 29.3 Å². The number of nitrogens with one attached hydrogen (secondary N) is 1. The van der Waals surface area contributed by atoms with Crippen LogP contribution in [0.1, 0.15) is 25.3 Å². The molecule has 1 aliphatic rings. The molecule has 0 bridgehead atoms. The number of benzene rings is 1. The van der Waals surface area contributed by atoms with E-state index >= 15 is 0 Å². The summed E-state index contributed by atoms with van der Waals surface area (Å²) in [6.45, 7) is 8.04. The summed E-state index contributed by atoms with van der Waals surface area (Å²) < 4.78 is 1.15. The smallest absolute Gasteiger partial charge is 0.0372 e. The van der Waals surface area contributed by atoms with Crippen molar-refractivity contribution in [1.29, 1.82) is 0 Å². The molecule has 1 fully saturated rings. The van der Waals surface area contributed by atoms with Gasteiger partial charge >= 0.3 is 0 Å². The van der Waals surface area contributed by atoms with Crippen LogP contribution < -0.4 is 5.32 Å². The van der Waals surface area contributed by atoms with Crippen molar-refractivity contribution in [2.24, 2.45) is 0 Å². The summed E-state index contributed by atoms with van der Waals surface area (Å²) in [5.41, 5.74) is 2.60. The molecule has 0 aliphatic carbocycles. The van der Waals surface area contributed by atoms with Crippen molar-refractivity contribution in [2.45, 2.75) is 32.7 Å². The lowest BCUT2D eigenvalue weighted by Crippen LogP contribution is -2.38. The van der Waals surface area contributed by atoms with Crippen molar-refractivity contribution >= 4 is 21.6 Å². The molecule has 94 valence electrons. The van der Waals surface area contributed by atoms with Crippen LogP contribution in [0.2, 0.25) is 0 Å². The van der Waals surface area contributed by atoms with E-state index in [0.717, 1.165) is 4.47 Å². The lowest BCUT2D eigenvalue weighted by molar-refractivity contribution is 0.229. The molecule has 1 saturated heterocycles. The first-order chi connectivity index (χ1) is 8.19. The molecule has 17 heavy (non-hydrogen) atoms. The van der Waals surface area contributed by atoms with Gasteiger partial charge in [-0.2, -0.15) is 0 Å². The highest BCUT2D eigenvalue weighted by Crippen LogP contribution is 2.23. The molecule has 2 rings (SSSR count). The molecule has 2 nitrogen and oxygen atoms in total. The average Bonchev–Trinajstić information content (AvgIpc) is 2.34. The number of hydrogen-bond donors (Lipinski definition) is 1. The first-order valence-electron chi connectivity index (χ1n) is 6.44. The first kappa shape index (κ1) is 12.9. The third-order valence-electron chi connectivity index (χ3n) is 3.58. The minimum Gasteiger partial charge on any atom is -0.382 e. The highest BCUT2D eigenvalue weighted by atomic mass is 79.9. The Kier molecular flexibility index (Phi) is 4.46. The van der Waals surface area contributed by atoms with Crippen LogP contribution in [0.15, 0.2) is 22.7 Å². The van der Waals surface area contributed by atoms with E-state index < -0.39 is 0 Å². The summed E-state index contributed by atoms with van der Waals surface area (Å²) >= 11 is 3.50. The highest BCUT2D eigenvalue weighted by molar-refractivity contribution is 9.10. The Bertz CT molecular complexity index is 370. The van der Waals surface area contributed by atoms with Gasteiger partial charge < -0.3 is 10.2 Å². The van der Waals surface area contributed by atoms with Crippen LogP contribution in [0.4, 0.5) is 5.69 Å². The molecule has 1 aliphatic heterocycles. The first-order valence-corrected chi connectivity index (χ1v) is 7.23. The van der Waals surface area contributed by atoms with Crippen LogP contribution in [0, 0.1) is 6.92 Å². The van der Waals surface area contributed by atoms with Crippen LogP contribution in [-0.2, 0) is 0 Å². The molecule has 0 atom stereocenters. The minimum atomic E-state index is 0.637. The standard InChI is InChI=1S/C14H21BrN2/c1-3-17-8-6-13(7-9-17)16-14-5-4-12(15)10-11(14)2/h4-5,10,13,16H,3,6-9H2,1-2H3. The number of anilines is 1. The van der Waals surface area contributed by atoms with Gasteiger partial charge in [-0.15, -0.1) is 0 Å². The second kappa shape index (κ2) is 5.87. The summed E-state index contributed by atoms with van der Waals surface area (Å²) in [6, 6.07) is 7.09. The zero-order valence-electron chi connectivity index (χ0n) is 10.7. The second-order valence-corrected chi connectivity index (χ2v) is 5.73. The molecule has 1 aromatic rings. The zero-order chi connectivity index (χ0) is 12.3. The Hall–Kier alpha value is -0.540. The summed E-state index contributed by atoms with van der Waals surface area (Å²) in [6.07, 6.45) is 2.51. The van der Waals surface area contributed by atoms with Gasteiger partial charge in [-0.05, 0) is 50.1 Å². The van der Waals surface area contributed by atoms with Gasteiger partial charge in [-0.1, -0.05) is 22.9 Å². The van der Waals surface area contributed by atoms with Crippen LogP contribution in [0.5, 0.6) is 0 Å². The van der Waals surface area contributed by atoms with Gasteiger partial charge in [-0.3, -0.25) is 0 Å². The second-order valence-electron chi connectivity index (χ2n) is 4.81. The van der Waals surface area contributed by atoms with Crippen molar-refractivity contribution in [3.8, 4) is 0 Å². The van der Waals surface area contributed by atoms with Crippen LogP contribution >= 0.6 is 15.9 Å². The summed E-state index contributed by atoms with van der Waals surface area (Å²) in [5, 5.41) is 3.67. The van der Waals surface area contributed by atoms with E-state index in [9.17, 15) is 0 Å². The maximum absolute atomic E-state index is 3.67. The van der Waals surface area contributed by atoms with E-state index in [1.54, 1.807) is 0 Å². The van der Waals surface area contributed by atoms with Gasteiger partial charge in [0.2, 0.25) is 0 Å². The Morgan fingerprint density at radius 2 is 2.06 bits per heavy atom. The molecule has 0 saturated carbocycles. The lowest BCUT2D eigenvalue weighted by Gasteiger charge is -2.32. The van der Waals surface area contributed by atoms with E-state index in [-0.39, 0.29) is 0 Å². The van der Waals surface area contributed by atoms with Gasteiger partial charge in [0.1, 0.15) is 0 Å². The molecule has 0 spiro atoms. The van der Waals surface area contributed by atoms with Gasteiger partial charge in [0.15, 0.2) is 0 Å². The van der Waals surface area contributed by atoms with Gasteiger partial charge in [-0.25, -0.2) is 0 Å². The van der Waals surface area contributed by atoms with Crippen LogP contribution in [0.25, 0.3) is 0 Å². The van der Waals surface area contributed by atoms with Crippen molar-refractivity contribution in [1.82, 2.24) is 4.90 Å². The topological polar surface area (TPSA) is 15.3 Å². The van der Waals surface area contributed by atoms with Crippen molar-refractivity contribution in [2.75, 3.05) is 25.0 Å². The quantitative estimate of drug-likeness (QED) is 0.916. The van der Waals surface area contributed by atoms with E-state index in [4.69, 9.17) is 0 Å². The minimum absolute atomic E-state index is 0.637. The van der Waals surface area contributed by atoms with E-state index in [2.05, 4.69) is 58.2 Å². The normalized spacial score (nSPS) is 18.3. The Morgan fingerprint density at radius 1 is 1.35 bits per heavy atom. The average molecular weight is 297 g/mol. The highest BCUT2D eigenvalue weighted by Gasteiger charge is 2.17. The number of rotatable bonds is 3. The molecule has 1 aromatic carbocycles. The molecule has 1 N–H and O–H groups in total. The molecular weight excluding hydrogens is 276 g/mol. The number of nitrogens with zero attached hydrogens (tertiary/aromatic N) is 1. The van der Waals surface area contributed by atoms with E-state index in [1.165, 1.54) is 43.7 Å². The molecular formula is C14H21BrN2. The maximum atomic E-state index is 3.67. The predicted molar refractivity (Wildman–Crippen MR) is 77.6 cm³/mol. The molecule has 0 radical (unpaired) electrons. The number of likely N-dealkylation sites (tertiary alicyclic amines) is 1. The fourth-order valence-electron chi connectivity index (χ4n) is 2.40. The number of aryl methyl sites for hydroxylation is 1. The van der Waals surface area contributed by atoms with Gasteiger partial charge in [0.05, 0.1) is 0 Å². The van der Waals surface area contributed by atoms with Crippen LogP contribution in [-0.4, -0.2) is 30.6 Å². The van der Waals surface area contributed by atoms with Crippen molar-refractivity contribution in [3.63, 3.8) is 0 Å². The van der Waals surface area contributed by atoms with E-state index in [1.807, 2.05) is 0 Å². The lowest BCUT2D eigenvalue weighted by atomic mass is 10.0. The predicted octanol–water partition coefficient (Wildman–Crippen LogP) is 3.65. The molecule has 0 unspecified atom stereocenters. The van der Waals surface area contributed by atoms with E-state index in [0.29, 0.717) is 6.04 Å². The number of hydrogen-bond acceptors (Lipinski definition) is 2. The Labute approximate surface area is 113 Å². The largest absolute Gasteiger partial charge is 0.382 e. The molecule has 1 heterocycles. The third kappa shape index (κ3) is 3.46. The SMILES string of the molecule is CCN1CCC(Nc2ccc(Br)cc2C)CC1. The number of halogens is 1.